The molecule has 12 heteroatoms. The molecule has 0 saturated heterocycles. The molecule has 0 spiro atoms. The van der Waals surface area contributed by atoms with E-state index >= 15 is 0 Å². The third-order valence-corrected chi connectivity index (χ3v) is 4.21. The average molecular weight is 404 g/mol. The number of alkyl halides is 3. The molecule has 0 saturated carbocycles. The van der Waals surface area contributed by atoms with Gasteiger partial charge in [0.25, 0.3) is 0 Å². The molecule has 152 valence electrons. The molecule has 0 unspecified atom stereocenters. The minimum atomic E-state index is -4.97. The maximum atomic E-state index is 13.8. The average Bonchev–Trinajstić information content (AvgIpc) is 3.03. The zero-order valence-corrected chi connectivity index (χ0v) is 14.6. The Kier molecular flexibility index (Phi) is 5.40. The standard InChI is InChI=1S/C16H16F4N4O4/c1-2-12-11(7-23-8-14(24(25)26)22-15(23)27-12)21-6-9-3-4-13(10(17)5-9)28-16(18,19)20/h3-5,8,11-12,21H,2,6-7H2,1H3/t11-,12-/m0/s1. The molecule has 0 radical (unpaired) electrons. The van der Waals surface area contributed by atoms with Crippen LogP contribution in [-0.4, -0.2) is 33.0 Å². The van der Waals surface area contributed by atoms with Gasteiger partial charge >= 0.3 is 18.2 Å². The lowest BCUT2D eigenvalue weighted by Gasteiger charge is -2.31. The monoisotopic (exact) mass is 404 g/mol. The summed E-state index contributed by atoms with van der Waals surface area (Å²) in [6.45, 7) is 2.36. The zero-order valence-electron chi connectivity index (χ0n) is 14.6. The molecule has 2 heterocycles. The Morgan fingerprint density at radius 3 is 2.82 bits per heavy atom. The maximum Gasteiger partial charge on any atom is 0.573 e. The van der Waals surface area contributed by atoms with Gasteiger partial charge < -0.3 is 24.9 Å². The summed E-state index contributed by atoms with van der Waals surface area (Å²) in [6.07, 6.45) is -3.45. The van der Waals surface area contributed by atoms with Gasteiger partial charge in [-0.1, -0.05) is 13.0 Å². The first kappa shape index (κ1) is 19.9. The van der Waals surface area contributed by atoms with E-state index in [9.17, 15) is 27.7 Å². The molecule has 2 atom stereocenters. The van der Waals surface area contributed by atoms with Crippen LogP contribution in [0, 0.1) is 15.9 Å². The van der Waals surface area contributed by atoms with Gasteiger partial charge in [-0.3, -0.25) is 4.57 Å². The van der Waals surface area contributed by atoms with E-state index in [1.165, 1.54) is 16.8 Å². The second kappa shape index (κ2) is 7.62. The van der Waals surface area contributed by atoms with Crippen LogP contribution in [-0.2, 0) is 13.1 Å². The van der Waals surface area contributed by atoms with E-state index in [2.05, 4.69) is 15.0 Å². The number of rotatable bonds is 6. The Labute approximate surface area is 156 Å². The predicted octanol–water partition coefficient (Wildman–Crippen LogP) is 3.16. The smallest absolute Gasteiger partial charge is 0.441 e. The largest absolute Gasteiger partial charge is 0.573 e. The minimum Gasteiger partial charge on any atom is -0.441 e. The van der Waals surface area contributed by atoms with Crippen molar-refractivity contribution in [3.63, 3.8) is 0 Å². The van der Waals surface area contributed by atoms with Crippen molar-refractivity contribution >= 4 is 5.82 Å². The normalized spacial score (nSPS) is 19.0. The van der Waals surface area contributed by atoms with Crippen LogP contribution in [0.15, 0.2) is 24.4 Å². The van der Waals surface area contributed by atoms with Crippen molar-refractivity contribution in [2.45, 2.75) is 44.9 Å². The topological polar surface area (TPSA) is 91.5 Å². The molecule has 1 aromatic heterocycles. The van der Waals surface area contributed by atoms with E-state index in [4.69, 9.17) is 4.74 Å². The highest BCUT2D eigenvalue weighted by atomic mass is 19.4. The summed E-state index contributed by atoms with van der Waals surface area (Å²) < 4.78 is 61.2. The van der Waals surface area contributed by atoms with Crippen molar-refractivity contribution in [3.8, 4) is 11.8 Å². The number of halogens is 4. The fourth-order valence-corrected chi connectivity index (χ4v) is 2.92. The van der Waals surface area contributed by atoms with E-state index in [0.29, 0.717) is 18.5 Å². The summed E-state index contributed by atoms with van der Waals surface area (Å²) in [7, 11) is 0. The molecule has 0 amide bonds. The fraction of sp³-hybridized carbons (Fsp3) is 0.438. The van der Waals surface area contributed by atoms with Crippen LogP contribution in [0.1, 0.15) is 18.9 Å². The number of hydrogen-bond acceptors (Lipinski definition) is 6. The third-order valence-electron chi connectivity index (χ3n) is 4.21. The summed E-state index contributed by atoms with van der Waals surface area (Å²) in [5.74, 6) is -2.36. The molecule has 2 aromatic rings. The number of hydrogen-bond donors (Lipinski definition) is 1. The van der Waals surface area contributed by atoms with Crippen LogP contribution in [0.25, 0.3) is 0 Å². The summed E-state index contributed by atoms with van der Waals surface area (Å²) in [6, 6.07) is 3.06. The Morgan fingerprint density at radius 2 is 2.21 bits per heavy atom. The molecule has 0 aliphatic carbocycles. The molecule has 0 bridgehead atoms. The molecule has 3 rings (SSSR count). The summed E-state index contributed by atoms with van der Waals surface area (Å²) in [5, 5.41) is 14.0. The van der Waals surface area contributed by atoms with E-state index in [-0.39, 0.29) is 30.5 Å². The van der Waals surface area contributed by atoms with Crippen LogP contribution >= 0.6 is 0 Å². The molecule has 0 fully saturated rings. The first-order valence-corrected chi connectivity index (χ1v) is 8.32. The molecule has 1 aromatic carbocycles. The number of nitro groups is 1. The Bertz CT molecular complexity index is 871. The van der Waals surface area contributed by atoms with Crippen molar-refractivity contribution in [1.29, 1.82) is 0 Å². The number of nitrogens with one attached hydrogen (secondary N) is 1. The predicted molar refractivity (Wildman–Crippen MR) is 87.3 cm³/mol. The lowest BCUT2D eigenvalue weighted by atomic mass is 10.1. The van der Waals surface area contributed by atoms with Gasteiger partial charge in [-0.15, -0.1) is 13.2 Å². The van der Waals surface area contributed by atoms with Crippen molar-refractivity contribution < 1.29 is 32.0 Å². The minimum absolute atomic E-state index is 0.149. The van der Waals surface area contributed by atoms with Crippen LogP contribution in [0.5, 0.6) is 11.8 Å². The number of fused-ring (bicyclic) bond motifs is 1. The lowest BCUT2D eigenvalue weighted by Crippen LogP contribution is -2.48. The molecule has 8 nitrogen and oxygen atoms in total. The number of nitrogens with zero attached hydrogens (tertiary/aromatic N) is 3. The SMILES string of the molecule is CC[C@@H]1Oc2nc([N+](=O)[O-])cn2C[C@@H]1NCc1ccc(OC(F)(F)F)c(F)c1. The number of aromatic nitrogens is 2. The highest BCUT2D eigenvalue weighted by Gasteiger charge is 2.34. The number of benzene rings is 1. The van der Waals surface area contributed by atoms with Gasteiger partial charge in [0.05, 0.1) is 6.04 Å². The van der Waals surface area contributed by atoms with Crippen LogP contribution in [0.2, 0.25) is 0 Å². The van der Waals surface area contributed by atoms with Gasteiger partial charge in [0.1, 0.15) is 12.3 Å². The van der Waals surface area contributed by atoms with Crippen molar-refractivity contribution in [2.24, 2.45) is 0 Å². The molecule has 1 N–H and O–H groups in total. The second-order valence-corrected chi connectivity index (χ2v) is 6.16. The molecular weight excluding hydrogens is 388 g/mol. The van der Waals surface area contributed by atoms with Crippen molar-refractivity contribution in [3.05, 3.63) is 45.9 Å². The van der Waals surface area contributed by atoms with Gasteiger partial charge in [0, 0.05) is 18.1 Å². The van der Waals surface area contributed by atoms with Gasteiger partial charge in [-0.2, -0.15) is 0 Å². The molecule has 28 heavy (non-hydrogen) atoms. The van der Waals surface area contributed by atoms with Crippen molar-refractivity contribution in [2.75, 3.05) is 0 Å². The van der Waals surface area contributed by atoms with Gasteiger partial charge in [-0.05, 0) is 29.0 Å². The lowest BCUT2D eigenvalue weighted by molar-refractivity contribution is -0.389. The summed E-state index contributed by atoms with van der Waals surface area (Å²) in [5.41, 5.74) is 0.407. The van der Waals surface area contributed by atoms with Crippen LogP contribution in [0.3, 0.4) is 0 Å². The number of ether oxygens (including phenoxy) is 2. The first-order chi connectivity index (χ1) is 13.2. The van der Waals surface area contributed by atoms with E-state index in [1.54, 1.807) is 0 Å². The number of imidazole rings is 1. The zero-order chi connectivity index (χ0) is 20.5. The third kappa shape index (κ3) is 4.50. The molecular formula is C16H16F4N4O4. The van der Waals surface area contributed by atoms with E-state index in [0.717, 1.165) is 12.1 Å². The Balaban J connectivity index is 1.67. The van der Waals surface area contributed by atoms with Gasteiger partial charge in [0.2, 0.25) is 0 Å². The highest BCUT2D eigenvalue weighted by molar-refractivity contribution is 5.29. The Hall–Kier alpha value is -2.89. The Morgan fingerprint density at radius 1 is 1.46 bits per heavy atom. The summed E-state index contributed by atoms with van der Waals surface area (Å²) in [4.78, 5) is 14.0. The second-order valence-electron chi connectivity index (χ2n) is 6.16. The van der Waals surface area contributed by atoms with Gasteiger partial charge in [-0.25, -0.2) is 4.39 Å². The fourth-order valence-electron chi connectivity index (χ4n) is 2.92. The van der Waals surface area contributed by atoms with Crippen LogP contribution < -0.4 is 14.8 Å². The quantitative estimate of drug-likeness (QED) is 0.452. The maximum absolute atomic E-state index is 13.8. The first-order valence-electron chi connectivity index (χ1n) is 8.32. The van der Waals surface area contributed by atoms with Gasteiger partial charge in [0.15, 0.2) is 11.6 Å². The molecule has 1 aliphatic rings. The summed E-state index contributed by atoms with van der Waals surface area (Å²) >= 11 is 0. The molecule has 1 aliphatic heterocycles. The van der Waals surface area contributed by atoms with Crippen LogP contribution in [0.4, 0.5) is 23.4 Å². The van der Waals surface area contributed by atoms with E-state index in [1.807, 2.05) is 6.92 Å². The van der Waals surface area contributed by atoms with Crippen molar-refractivity contribution in [1.82, 2.24) is 14.9 Å². The van der Waals surface area contributed by atoms with E-state index < -0.39 is 22.9 Å². The highest BCUT2D eigenvalue weighted by Crippen LogP contribution is 2.27.